The molecule has 158 valence electrons. The standard InChI is InChI=1S/C22H34N6O/c1-4-18(5-2)21(27-12-6-7-13-27)14-24-22(29)26-17(3)19-8-10-20(11-9-19)28-16-23-15-25-28/h8-11,15-18,21H,4-7,12-14H2,1-3H3,(H2,24,26,29). The van der Waals surface area contributed by atoms with Crippen molar-refractivity contribution in [1.82, 2.24) is 30.3 Å². The third-order valence-corrected chi connectivity index (χ3v) is 6.10. The number of urea groups is 1. The highest BCUT2D eigenvalue weighted by Crippen LogP contribution is 2.22. The summed E-state index contributed by atoms with van der Waals surface area (Å²) < 4.78 is 1.71. The summed E-state index contributed by atoms with van der Waals surface area (Å²) in [5.41, 5.74) is 2.00. The summed E-state index contributed by atoms with van der Waals surface area (Å²) in [5, 5.41) is 10.3. The number of aromatic nitrogens is 3. The quantitative estimate of drug-likeness (QED) is 0.678. The first-order valence-electron chi connectivity index (χ1n) is 10.9. The molecule has 2 amide bonds. The van der Waals surface area contributed by atoms with E-state index in [4.69, 9.17) is 0 Å². The van der Waals surface area contributed by atoms with Gasteiger partial charge in [-0.25, -0.2) is 14.5 Å². The van der Waals surface area contributed by atoms with Gasteiger partial charge in [0, 0.05) is 12.6 Å². The molecule has 1 saturated heterocycles. The molecular weight excluding hydrogens is 364 g/mol. The molecule has 7 heteroatoms. The summed E-state index contributed by atoms with van der Waals surface area (Å²) in [6, 6.07) is 8.24. The zero-order chi connectivity index (χ0) is 20.6. The predicted octanol–water partition coefficient (Wildman–Crippen LogP) is 3.53. The summed E-state index contributed by atoms with van der Waals surface area (Å²) in [6.07, 6.45) is 8.01. The molecule has 2 heterocycles. The molecule has 0 aliphatic carbocycles. The molecule has 1 aliphatic rings. The second-order valence-corrected chi connectivity index (χ2v) is 7.89. The van der Waals surface area contributed by atoms with Crippen molar-refractivity contribution in [3.05, 3.63) is 42.5 Å². The van der Waals surface area contributed by atoms with Crippen LogP contribution in [0.15, 0.2) is 36.9 Å². The fourth-order valence-electron chi connectivity index (χ4n) is 4.29. The van der Waals surface area contributed by atoms with E-state index in [1.165, 1.54) is 19.2 Å². The minimum atomic E-state index is -0.104. The Hall–Kier alpha value is -2.41. The number of benzene rings is 1. The van der Waals surface area contributed by atoms with E-state index in [0.29, 0.717) is 18.5 Å². The molecule has 2 aromatic rings. The van der Waals surface area contributed by atoms with E-state index in [2.05, 4.69) is 39.5 Å². The molecule has 2 N–H and O–H groups in total. The van der Waals surface area contributed by atoms with E-state index in [1.807, 2.05) is 31.2 Å². The minimum Gasteiger partial charge on any atom is -0.337 e. The van der Waals surface area contributed by atoms with Crippen LogP contribution in [0.1, 0.15) is 58.1 Å². The van der Waals surface area contributed by atoms with Crippen LogP contribution >= 0.6 is 0 Å². The second kappa shape index (κ2) is 10.4. The van der Waals surface area contributed by atoms with Gasteiger partial charge in [0.25, 0.3) is 0 Å². The van der Waals surface area contributed by atoms with Crippen molar-refractivity contribution in [3.8, 4) is 5.69 Å². The van der Waals surface area contributed by atoms with Gasteiger partial charge in [0.2, 0.25) is 0 Å². The van der Waals surface area contributed by atoms with Crippen molar-refractivity contribution in [3.63, 3.8) is 0 Å². The van der Waals surface area contributed by atoms with Gasteiger partial charge in [0.15, 0.2) is 0 Å². The lowest BCUT2D eigenvalue weighted by atomic mass is 9.93. The average molecular weight is 399 g/mol. The van der Waals surface area contributed by atoms with Crippen molar-refractivity contribution < 1.29 is 4.79 Å². The van der Waals surface area contributed by atoms with Gasteiger partial charge >= 0.3 is 6.03 Å². The maximum atomic E-state index is 12.5. The molecule has 29 heavy (non-hydrogen) atoms. The van der Waals surface area contributed by atoms with Gasteiger partial charge in [-0.2, -0.15) is 5.10 Å². The number of likely N-dealkylation sites (tertiary alicyclic amines) is 1. The SMILES string of the molecule is CCC(CC)C(CNC(=O)NC(C)c1ccc(-n2cncn2)cc1)N1CCCC1. The topological polar surface area (TPSA) is 75.1 Å². The van der Waals surface area contributed by atoms with Gasteiger partial charge in [-0.05, 0) is 56.5 Å². The average Bonchev–Trinajstić information content (AvgIpc) is 3.45. The molecule has 2 atom stereocenters. The van der Waals surface area contributed by atoms with Crippen molar-refractivity contribution in [2.24, 2.45) is 5.92 Å². The summed E-state index contributed by atoms with van der Waals surface area (Å²) in [5.74, 6) is 0.621. The van der Waals surface area contributed by atoms with Gasteiger partial charge in [0.1, 0.15) is 12.7 Å². The first-order valence-corrected chi connectivity index (χ1v) is 10.9. The number of carbonyl (C=O) groups excluding carboxylic acids is 1. The molecule has 0 bridgehead atoms. The minimum absolute atomic E-state index is 0.0711. The van der Waals surface area contributed by atoms with Crippen molar-refractivity contribution in [2.45, 2.75) is 58.5 Å². The predicted molar refractivity (Wildman–Crippen MR) is 115 cm³/mol. The van der Waals surface area contributed by atoms with E-state index in [0.717, 1.165) is 37.2 Å². The third kappa shape index (κ3) is 5.56. The number of nitrogens with one attached hydrogen (secondary N) is 2. The highest BCUT2D eigenvalue weighted by molar-refractivity contribution is 5.74. The van der Waals surface area contributed by atoms with Crippen LogP contribution < -0.4 is 10.6 Å². The molecular formula is C22H34N6O. The number of amides is 2. The van der Waals surface area contributed by atoms with Crippen molar-refractivity contribution in [2.75, 3.05) is 19.6 Å². The van der Waals surface area contributed by atoms with Crippen LogP contribution in [-0.4, -0.2) is 51.4 Å². The Morgan fingerprint density at radius 3 is 2.41 bits per heavy atom. The second-order valence-electron chi connectivity index (χ2n) is 7.89. The zero-order valence-corrected chi connectivity index (χ0v) is 17.8. The first-order chi connectivity index (χ1) is 14.1. The van der Waals surface area contributed by atoms with Crippen LogP contribution in [0.2, 0.25) is 0 Å². The first kappa shape index (κ1) is 21.3. The van der Waals surface area contributed by atoms with Gasteiger partial charge in [0.05, 0.1) is 11.7 Å². The van der Waals surface area contributed by atoms with Gasteiger partial charge < -0.3 is 10.6 Å². The Balaban J connectivity index is 1.53. The molecule has 7 nitrogen and oxygen atoms in total. The number of rotatable bonds is 9. The Labute approximate surface area is 173 Å². The molecule has 1 fully saturated rings. The van der Waals surface area contributed by atoms with Crippen LogP contribution in [0.25, 0.3) is 5.69 Å². The molecule has 0 spiro atoms. The molecule has 1 aromatic heterocycles. The lowest BCUT2D eigenvalue weighted by molar-refractivity contribution is 0.161. The third-order valence-electron chi connectivity index (χ3n) is 6.10. The Kier molecular flexibility index (Phi) is 7.63. The van der Waals surface area contributed by atoms with E-state index < -0.39 is 0 Å². The Bertz CT molecular complexity index is 733. The van der Waals surface area contributed by atoms with E-state index in [9.17, 15) is 4.79 Å². The van der Waals surface area contributed by atoms with Crippen molar-refractivity contribution >= 4 is 6.03 Å². The largest absolute Gasteiger partial charge is 0.337 e. The van der Waals surface area contributed by atoms with Gasteiger partial charge in [-0.15, -0.1) is 0 Å². The summed E-state index contributed by atoms with van der Waals surface area (Å²) in [6.45, 7) is 9.52. The summed E-state index contributed by atoms with van der Waals surface area (Å²) in [4.78, 5) is 19.1. The lowest BCUT2D eigenvalue weighted by Gasteiger charge is -2.34. The normalized spacial score (nSPS) is 16.7. The van der Waals surface area contributed by atoms with Gasteiger partial charge in [-0.1, -0.05) is 38.8 Å². The van der Waals surface area contributed by atoms with Gasteiger partial charge in [-0.3, -0.25) is 4.90 Å². The number of hydrogen-bond donors (Lipinski definition) is 2. The van der Waals surface area contributed by atoms with E-state index >= 15 is 0 Å². The molecule has 1 aliphatic heterocycles. The number of carbonyl (C=O) groups is 1. The highest BCUT2D eigenvalue weighted by Gasteiger charge is 2.27. The molecule has 0 saturated carbocycles. The maximum absolute atomic E-state index is 12.5. The Morgan fingerprint density at radius 2 is 1.83 bits per heavy atom. The number of nitrogens with zero attached hydrogens (tertiary/aromatic N) is 4. The fourth-order valence-corrected chi connectivity index (χ4v) is 4.29. The number of hydrogen-bond acceptors (Lipinski definition) is 4. The van der Waals surface area contributed by atoms with Crippen LogP contribution in [0, 0.1) is 5.92 Å². The maximum Gasteiger partial charge on any atom is 0.315 e. The summed E-state index contributed by atoms with van der Waals surface area (Å²) in [7, 11) is 0. The smallest absolute Gasteiger partial charge is 0.315 e. The fraction of sp³-hybridized carbons (Fsp3) is 0.591. The molecule has 0 radical (unpaired) electrons. The highest BCUT2D eigenvalue weighted by atomic mass is 16.2. The molecule has 1 aromatic carbocycles. The lowest BCUT2D eigenvalue weighted by Crippen LogP contribution is -2.49. The monoisotopic (exact) mass is 398 g/mol. The molecule has 3 rings (SSSR count). The van der Waals surface area contributed by atoms with E-state index in [1.54, 1.807) is 11.0 Å². The van der Waals surface area contributed by atoms with Crippen LogP contribution in [0.5, 0.6) is 0 Å². The van der Waals surface area contributed by atoms with Crippen molar-refractivity contribution in [1.29, 1.82) is 0 Å². The van der Waals surface area contributed by atoms with Crippen LogP contribution in [0.4, 0.5) is 4.79 Å². The summed E-state index contributed by atoms with van der Waals surface area (Å²) >= 11 is 0. The van der Waals surface area contributed by atoms with E-state index in [-0.39, 0.29) is 12.1 Å². The van der Waals surface area contributed by atoms with Crippen LogP contribution in [0.3, 0.4) is 0 Å². The molecule has 2 unspecified atom stereocenters. The zero-order valence-electron chi connectivity index (χ0n) is 17.8. The Morgan fingerprint density at radius 1 is 1.14 bits per heavy atom. The van der Waals surface area contributed by atoms with Crippen LogP contribution in [-0.2, 0) is 0 Å².